The first-order chi connectivity index (χ1) is 9.39. The molecule has 1 fully saturated rings. The summed E-state index contributed by atoms with van der Waals surface area (Å²) in [4.78, 5) is 12.7. The third-order valence-electron chi connectivity index (χ3n) is 3.95. The molecule has 1 aliphatic carbocycles. The van der Waals surface area contributed by atoms with E-state index in [1.807, 2.05) is 25.1 Å². The number of carbonyl (C=O) groups excluding carboxylic acids is 1. The van der Waals surface area contributed by atoms with Gasteiger partial charge in [-0.15, -0.1) is 0 Å². The minimum atomic E-state index is -0.678. The second-order valence-corrected chi connectivity index (χ2v) is 6.04. The molecule has 4 nitrogen and oxygen atoms in total. The Morgan fingerprint density at radius 1 is 1.50 bits per heavy atom. The minimum absolute atomic E-state index is 0.104. The van der Waals surface area contributed by atoms with E-state index >= 15 is 0 Å². The molecule has 0 bridgehead atoms. The SMILES string of the molecule is COc1ccc(NC(=O)C2(C(N)=S)CC(C)C2)cc1C. The summed E-state index contributed by atoms with van der Waals surface area (Å²) in [5.41, 5.74) is 6.81. The highest BCUT2D eigenvalue weighted by molar-refractivity contribution is 7.80. The largest absolute Gasteiger partial charge is 0.496 e. The predicted octanol–water partition coefficient (Wildman–Crippen LogP) is 2.64. The molecular weight excluding hydrogens is 272 g/mol. The van der Waals surface area contributed by atoms with Crippen LogP contribution in [0.4, 0.5) is 5.69 Å². The fourth-order valence-electron chi connectivity index (χ4n) is 2.84. The van der Waals surface area contributed by atoms with E-state index in [0.29, 0.717) is 10.9 Å². The predicted molar refractivity (Wildman–Crippen MR) is 84.0 cm³/mol. The number of rotatable bonds is 4. The van der Waals surface area contributed by atoms with Gasteiger partial charge < -0.3 is 15.8 Å². The van der Waals surface area contributed by atoms with Crippen LogP contribution in [-0.4, -0.2) is 18.0 Å². The van der Waals surface area contributed by atoms with Crippen molar-refractivity contribution in [1.82, 2.24) is 0 Å². The third-order valence-corrected chi connectivity index (χ3v) is 4.34. The van der Waals surface area contributed by atoms with E-state index in [0.717, 1.165) is 29.8 Å². The number of carbonyl (C=O) groups is 1. The van der Waals surface area contributed by atoms with Gasteiger partial charge in [-0.3, -0.25) is 4.79 Å². The number of aryl methyl sites for hydroxylation is 1. The number of ether oxygens (including phenoxy) is 1. The molecule has 0 saturated heterocycles. The Hall–Kier alpha value is -1.62. The van der Waals surface area contributed by atoms with Gasteiger partial charge in [0, 0.05) is 5.69 Å². The zero-order chi connectivity index (χ0) is 14.9. The van der Waals surface area contributed by atoms with Gasteiger partial charge in [-0.1, -0.05) is 19.1 Å². The standard InChI is InChI=1S/C15H20N2O2S/c1-9-7-15(8-9,13(16)20)14(18)17-11-4-5-12(19-3)10(2)6-11/h4-6,9H,7-8H2,1-3H3,(H2,16,20)(H,17,18). The average Bonchev–Trinajstić information content (AvgIpc) is 2.34. The fourth-order valence-corrected chi connectivity index (χ4v) is 3.09. The van der Waals surface area contributed by atoms with E-state index in [1.54, 1.807) is 7.11 Å². The summed E-state index contributed by atoms with van der Waals surface area (Å²) in [6, 6.07) is 5.53. The van der Waals surface area contributed by atoms with Crippen LogP contribution in [-0.2, 0) is 4.79 Å². The van der Waals surface area contributed by atoms with Crippen LogP contribution >= 0.6 is 12.2 Å². The Morgan fingerprint density at radius 3 is 2.60 bits per heavy atom. The summed E-state index contributed by atoms with van der Waals surface area (Å²) in [6.07, 6.45) is 1.45. The second kappa shape index (κ2) is 5.40. The number of nitrogens with two attached hydrogens (primary N) is 1. The van der Waals surface area contributed by atoms with Crippen LogP contribution in [0.1, 0.15) is 25.3 Å². The highest BCUT2D eigenvalue weighted by Gasteiger charge is 2.50. The summed E-state index contributed by atoms with van der Waals surface area (Å²) in [5.74, 6) is 1.18. The summed E-state index contributed by atoms with van der Waals surface area (Å²) < 4.78 is 5.20. The molecular formula is C15H20N2O2S. The molecule has 0 heterocycles. The molecule has 1 amide bonds. The summed E-state index contributed by atoms with van der Waals surface area (Å²) in [5, 5.41) is 2.92. The molecule has 0 aliphatic heterocycles. The molecule has 1 aliphatic rings. The van der Waals surface area contributed by atoms with Crippen LogP contribution < -0.4 is 15.8 Å². The minimum Gasteiger partial charge on any atom is -0.496 e. The molecule has 0 spiro atoms. The van der Waals surface area contributed by atoms with Crippen molar-refractivity contribution in [2.45, 2.75) is 26.7 Å². The number of anilines is 1. The van der Waals surface area contributed by atoms with Crippen LogP contribution in [0.5, 0.6) is 5.75 Å². The van der Waals surface area contributed by atoms with Crippen molar-refractivity contribution in [2.75, 3.05) is 12.4 Å². The van der Waals surface area contributed by atoms with E-state index in [1.165, 1.54) is 0 Å². The molecule has 2 rings (SSSR count). The first-order valence-electron chi connectivity index (χ1n) is 6.65. The number of amides is 1. The lowest BCUT2D eigenvalue weighted by Gasteiger charge is -2.44. The van der Waals surface area contributed by atoms with Gasteiger partial charge in [-0.2, -0.15) is 0 Å². The topological polar surface area (TPSA) is 64.3 Å². The first-order valence-corrected chi connectivity index (χ1v) is 7.06. The molecule has 1 aromatic rings. The fraction of sp³-hybridized carbons (Fsp3) is 0.467. The first kappa shape index (κ1) is 14.8. The van der Waals surface area contributed by atoms with Crippen molar-refractivity contribution >= 4 is 28.8 Å². The van der Waals surface area contributed by atoms with Gasteiger partial charge in [0.1, 0.15) is 5.75 Å². The van der Waals surface area contributed by atoms with Crippen LogP contribution in [0.2, 0.25) is 0 Å². The third kappa shape index (κ3) is 2.50. The highest BCUT2D eigenvalue weighted by Crippen LogP contribution is 2.46. The lowest BCUT2D eigenvalue weighted by atomic mass is 9.62. The van der Waals surface area contributed by atoms with Crippen molar-refractivity contribution in [3.63, 3.8) is 0 Å². The van der Waals surface area contributed by atoms with Crippen molar-refractivity contribution < 1.29 is 9.53 Å². The van der Waals surface area contributed by atoms with Crippen LogP contribution in [0.3, 0.4) is 0 Å². The highest BCUT2D eigenvalue weighted by atomic mass is 32.1. The molecule has 1 saturated carbocycles. The van der Waals surface area contributed by atoms with E-state index in [4.69, 9.17) is 22.7 Å². The number of nitrogens with one attached hydrogen (secondary N) is 1. The lowest BCUT2D eigenvalue weighted by Crippen LogP contribution is -2.53. The van der Waals surface area contributed by atoms with Crippen LogP contribution in [0.15, 0.2) is 18.2 Å². The molecule has 0 radical (unpaired) electrons. The molecule has 20 heavy (non-hydrogen) atoms. The maximum Gasteiger partial charge on any atom is 0.237 e. The molecule has 0 unspecified atom stereocenters. The van der Waals surface area contributed by atoms with Crippen molar-refractivity contribution in [3.05, 3.63) is 23.8 Å². The Labute approximate surface area is 124 Å². The molecule has 3 N–H and O–H groups in total. The van der Waals surface area contributed by atoms with Gasteiger partial charge in [0.2, 0.25) is 5.91 Å². The molecule has 5 heteroatoms. The molecule has 0 atom stereocenters. The monoisotopic (exact) mass is 292 g/mol. The van der Waals surface area contributed by atoms with Crippen molar-refractivity contribution in [1.29, 1.82) is 0 Å². The summed E-state index contributed by atoms with van der Waals surface area (Å²) in [6.45, 7) is 4.03. The van der Waals surface area contributed by atoms with E-state index in [2.05, 4.69) is 12.2 Å². The van der Waals surface area contributed by atoms with Crippen LogP contribution in [0.25, 0.3) is 0 Å². The molecule has 1 aromatic carbocycles. The maximum absolute atomic E-state index is 12.5. The van der Waals surface area contributed by atoms with Gasteiger partial charge in [0.25, 0.3) is 0 Å². The number of benzene rings is 1. The smallest absolute Gasteiger partial charge is 0.237 e. The lowest BCUT2D eigenvalue weighted by molar-refractivity contribution is -0.127. The van der Waals surface area contributed by atoms with Crippen molar-refractivity contribution in [3.8, 4) is 5.75 Å². The van der Waals surface area contributed by atoms with E-state index in [-0.39, 0.29) is 5.91 Å². The Bertz CT molecular complexity index is 551. The number of thiocarbonyl (C=S) groups is 1. The van der Waals surface area contributed by atoms with Crippen LogP contribution in [0, 0.1) is 18.3 Å². The molecule has 0 aromatic heterocycles. The number of methoxy groups -OCH3 is 1. The number of hydrogen-bond acceptors (Lipinski definition) is 3. The number of hydrogen-bond donors (Lipinski definition) is 2. The Morgan fingerprint density at radius 2 is 2.15 bits per heavy atom. The van der Waals surface area contributed by atoms with Gasteiger partial charge in [-0.25, -0.2) is 0 Å². The quantitative estimate of drug-likeness (QED) is 0.837. The zero-order valence-corrected chi connectivity index (χ0v) is 12.8. The van der Waals surface area contributed by atoms with Gasteiger partial charge in [0.15, 0.2) is 0 Å². The second-order valence-electron chi connectivity index (χ2n) is 5.60. The average molecular weight is 292 g/mol. The summed E-state index contributed by atoms with van der Waals surface area (Å²) >= 11 is 5.09. The summed E-state index contributed by atoms with van der Waals surface area (Å²) in [7, 11) is 1.62. The molecule has 108 valence electrons. The van der Waals surface area contributed by atoms with E-state index in [9.17, 15) is 4.79 Å². The Balaban J connectivity index is 2.15. The van der Waals surface area contributed by atoms with Gasteiger partial charge in [0.05, 0.1) is 17.5 Å². The van der Waals surface area contributed by atoms with Crippen molar-refractivity contribution in [2.24, 2.45) is 17.1 Å². The Kier molecular flexibility index (Phi) is 3.99. The van der Waals surface area contributed by atoms with Gasteiger partial charge in [-0.05, 0) is 49.4 Å². The zero-order valence-electron chi connectivity index (χ0n) is 12.0. The normalized spacial score (nSPS) is 24.6. The van der Waals surface area contributed by atoms with E-state index < -0.39 is 5.41 Å². The van der Waals surface area contributed by atoms with Gasteiger partial charge >= 0.3 is 0 Å². The maximum atomic E-state index is 12.5.